The predicted octanol–water partition coefficient (Wildman–Crippen LogP) is 6.67. The summed E-state index contributed by atoms with van der Waals surface area (Å²) < 4.78 is 19.5. The molecule has 4 aliphatic carbocycles. The molecule has 12 atom stereocenters. The van der Waals surface area contributed by atoms with Crippen molar-refractivity contribution in [2.24, 2.45) is 74.0 Å². The Morgan fingerprint density at radius 1 is 1.04 bits per heavy atom. The van der Waals surface area contributed by atoms with E-state index >= 15 is 0 Å². The van der Waals surface area contributed by atoms with Gasteiger partial charge in [-0.15, -0.1) is 0 Å². The van der Waals surface area contributed by atoms with E-state index in [0.29, 0.717) is 49.9 Å². The lowest BCUT2D eigenvalue weighted by Crippen LogP contribution is -2.70. The van der Waals surface area contributed by atoms with Crippen LogP contribution in [0.4, 0.5) is 0 Å². The lowest BCUT2D eigenvalue weighted by molar-refractivity contribution is -0.268. The highest BCUT2D eigenvalue weighted by Gasteiger charge is 2.71. The number of primary amides is 1. The number of rotatable bonds is 8. The van der Waals surface area contributed by atoms with Gasteiger partial charge in [-0.25, -0.2) is 0 Å². The minimum atomic E-state index is -0.497. The van der Waals surface area contributed by atoms with E-state index < -0.39 is 5.54 Å². The Morgan fingerprint density at radius 2 is 1.71 bits per heavy atom. The third kappa shape index (κ3) is 4.98. The number of hydrogen-bond donors (Lipinski definition) is 2. The van der Waals surface area contributed by atoms with Crippen LogP contribution >= 0.6 is 0 Å². The summed E-state index contributed by atoms with van der Waals surface area (Å²) in [4.78, 5) is 26.2. The molecule has 5 rings (SSSR count). The lowest BCUT2D eigenvalue weighted by atomic mass is 9.34. The maximum Gasteiger partial charge on any atom is 0.302 e. The van der Waals surface area contributed by atoms with E-state index in [1.165, 1.54) is 12.5 Å². The molecule has 1 heterocycles. The second-order valence-corrected chi connectivity index (χ2v) is 18.2. The maximum atomic E-state index is 13.6. The van der Waals surface area contributed by atoms with E-state index in [1.54, 1.807) is 0 Å². The zero-order valence-corrected chi connectivity index (χ0v) is 30.3. The molecule has 0 aromatic carbocycles. The standard InChI is InChI=1S/C38H64N2O5/c1-22(2)24(5)33(7)16-17-35(9)26-12-13-29-34(8)19-43-21-38(29,27(26)14-15-36(35,10)30(33)32(39)42)18-28(45-25(6)41)31(34)44-20-37(11,40)23(3)4/h14,22-24,26,28-31H,12-13,15-21,40H2,1-11H3,(H2,39,42)/t24-,26+,28-,29+,30-,31+,33-,34-,35-,36+,37-,38+/m1/s1. The van der Waals surface area contributed by atoms with Crippen LogP contribution < -0.4 is 11.5 Å². The van der Waals surface area contributed by atoms with E-state index in [9.17, 15) is 9.59 Å². The summed E-state index contributed by atoms with van der Waals surface area (Å²) in [6.45, 7) is 25.7. The largest absolute Gasteiger partial charge is 0.460 e. The number of esters is 1. The summed E-state index contributed by atoms with van der Waals surface area (Å²) in [5, 5.41) is 0. The molecular weight excluding hydrogens is 564 g/mol. The Hall–Kier alpha value is -1.44. The van der Waals surface area contributed by atoms with E-state index in [-0.39, 0.29) is 63.0 Å². The monoisotopic (exact) mass is 628 g/mol. The van der Waals surface area contributed by atoms with Gasteiger partial charge in [0.15, 0.2) is 0 Å². The third-order valence-corrected chi connectivity index (χ3v) is 15.3. The summed E-state index contributed by atoms with van der Waals surface area (Å²) in [6, 6.07) is 0. The van der Waals surface area contributed by atoms with Crippen LogP contribution in [0.1, 0.15) is 115 Å². The topological polar surface area (TPSA) is 114 Å². The number of fused-ring (bicyclic) bond motifs is 3. The van der Waals surface area contributed by atoms with Crippen molar-refractivity contribution in [2.75, 3.05) is 19.8 Å². The van der Waals surface area contributed by atoms with Crippen LogP contribution in [0.25, 0.3) is 0 Å². The lowest BCUT2D eigenvalue weighted by Gasteiger charge is -2.71. The van der Waals surface area contributed by atoms with Crippen molar-refractivity contribution in [3.63, 3.8) is 0 Å². The molecule has 256 valence electrons. The van der Waals surface area contributed by atoms with Crippen molar-refractivity contribution < 1.29 is 23.8 Å². The van der Waals surface area contributed by atoms with Crippen LogP contribution in [0, 0.1) is 62.6 Å². The van der Waals surface area contributed by atoms with E-state index in [0.717, 1.165) is 32.1 Å². The molecule has 1 amide bonds. The van der Waals surface area contributed by atoms with Gasteiger partial charge in [-0.2, -0.15) is 0 Å². The molecule has 7 nitrogen and oxygen atoms in total. The van der Waals surface area contributed by atoms with Crippen molar-refractivity contribution in [3.05, 3.63) is 11.6 Å². The Bertz CT molecular complexity index is 1210. The van der Waals surface area contributed by atoms with Crippen molar-refractivity contribution in [1.29, 1.82) is 0 Å². The van der Waals surface area contributed by atoms with Gasteiger partial charge in [-0.05, 0) is 91.3 Å². The van der Waals surface area contributed by atoms with Crippen LogP contribution in [0.5, 0.6) is 0 Å². The first-order chi connectivity index (χ1) is 20.7. The van der Waals surface area contributed by atoms with Gasteiger partial charge < -0.3 is 25.7 Å². The summed E-state index contributed by atoms with van der Waals surface area (Å²) in [5.41, 5.74) is 13.0. The number of amides is 1. The molecule has 1 saturated heterocycles. The average molecular weight is 629 g/mol. The fourth-order valence-corrected chi connectivity index (χ4v) is 11.7. The molecule has 0 aromatic heterocycles. The number of hydrogen-bond acceptors (Lipinski definition) is 6. The van der Waals surface area contributed by atoms with Crippen molar-refractivity contribution in [2.45, 2.75) is 132 Å². The van der Waals surface area contributed by atoms with Gasteiger partial charge in [0.25, 0.3) is 0 Å². The quantitative estimate of drug-likeness (QED) is 0.229. The first kappa shape index (κ1) is 34.9. The molecule has 5 aliphatic rings. The Morgan fingerprint density at radius 3 is 2.29 bits per heavy atom. The van der Waals surface area contributed by atoms with Gasteiger partial charge in [0.1, 0.15) is 12.2 Å². The molecule has 0 radical (unpaired) electrons. The van der Waals surface area contributed by atoms with E-state index in [1.807, 2.05) is 6.92 Å². The van der Waals surface area contributed by atoms with Crippen molar-refractivity contribution >= 4 is 11.9 Å². The first-order valence-electron chi connectivity index (χ1n) is 17.9. The van der Waals surface area contributed by atoms with Crippen LogP contribution in [0.2, 0.25) is 0 Å². The molecule has 0 aromatic rings. The minimum Gasteiger partial charge on any atom is -0.460 e. The highest BCUT2D eigenvalue weighted by Crippen LogP contribution is 2.75. The minimum absolute atomic E-state index is 0.0799. The summed E-state index contributed by atoms with van der Waals surface area (Å²) in [7, 11) is 0. The number of ether oxygens (including phenoxy) is 3. The Labute approximate surface area is 273 Å². The molecule has 4 fully saturated rings. The molecule has 1 aliphatic heterocycles. The third-order valence-electron chi connectivity index (χ3n) is 15.3. The number of nitrogens with two attached hydrogens (primary N) is 2. The fourth-order valence-electron chi connectivity index (χ4n) is 11.7. The van der Waals surface area contributed by atoms with Crippen LogP contribution in [0.3, 0.4) is 0 Å². The van der Waals surface area contributed by atoms with Gasteiger partial charge in [0, 0.05) is 29.2 Å². The summed E-state index contributed by atoms with van der Waals surface area (Å²) in [5.74, 6) is 1.14. The predicted molar refractivity (Wildman–Crippen MR) is 178 cm³/mol. The average Bonchev–Trinajstić information content (AvgIpc) is 2.92. The maximum absolute atomic E-state index is 13.6. The molecule has 7 heteroatoms. The first-order valence-corrected chi connectivity index (χ1v) is 17.9. The Kier molecular flexibility index (Phi) is 8.78. The van der Waals surface area contributed by atoms with Gasteiger partial charge in [-0.3, -0.25) is 9.59 Å². The van der Waals surface area contributed by atoms with E-state index in [2.05, 4.69) is 68.4 Å². The molecule has 4 N–H and O–H groups in total. The smallest absolute Gasteiger partial charge is 0.302 e. The highest BCUT2D eigenvalue weighted by atomic mass is 16.6. The second-order valence-electron chi connectivity index (χ2n) is 18.2. The van der Waals surface area contributed by atoms with E-state index in [4.69, 9.17) is 25.7 Å². The fraction of sp³-hybridized carbons (Fsp3) is 0.895. The summed E-state index contributed by atoms with van der Waals surface area (Å²) in [6.07, 6.45) is 7.55. The molecular formula is C38H64N2O5. The normalized spacial score (nSPS) is 46.3. The van der Waals surface area contributed by atoms with Gasteiger partial charge in [0.2, 0.25) is 5.91 Å². The highest BCUT2D eigenvalue weighted by molar-refractivity contribution is 5.79. The number of carbonyl (C=O) groups is 2. The summed E-state index contributed by atoms with van der Waals surface area (Å²) >= 11 is 0. The number of carbonyl (C=O) groups excluding carboxylic acids is 2. The van der Waals surface area contributed by atoms with Gasteiger partial charge in [0.05, 0.1) is 19.8 Å². The van der Waals surface area contributed by atoms with Gasteiger partial charge in [-0.1, -0.05) is 74.0 Å². The zero-order chi connectivity index (χ0) is 33.5. The van der Waals surface area contributed by atoms with Crippen molar-refractivity contribution in [3.8, 4) is 0 Å². The van der Waals surface area contributed by atoms with Crippen molar-refractivity contribution in [1.82, 2.24) is 0 Å². The van der Waals surface area contributed by atoms with Crippen LogP contribution in [0.15, 0.2) is 11.6 Å². The molecule has 45 heavy (non-hydrogen) atoms. The molecule has 3 saturated carbocycles. The second kappa shape index (κ2) is 11.3. The molecule has 0 spiro atoms. The Balaban J connectivity index is 1.58. The van der Waals surface area contributed by atoms with Gasteiger partial charge >= 0.3 is 5.97 Å². The molecule has 0 unspecified atom stereocenters. The number of allylic oxidation sites excluding steroid dienone is 1. The van der Waals surface area contributed by atoms with Crippen LogP contribution in [-0.4, -0.2) is 49.4 Å². The SMILES string of the molecule is CC(=O)O[C@@H]1C[C@@]23COC[C@](C)([C@@H]2CC[C@H]2C3=CC[C@@]3(C)[C@H](C(N)=O)[C@@](C)([C@H](C)C(C)C)CC[C@]23C)[C@H]1OC[C@@](C)(N)C(C)C. The molecule has 2 bridgehead atoms. The zero-order valence-electron chi connectivity index (χ0n) is 30.3. The van der Waals surface area contributed by atoms with Crippen LogP contribution in [-0.2, 0) is 23.8 Å².